The van der Waals surface area contributed by atoms with Gasteiger partial charge in [-0.15, -0.1) is 0 Å². The van der Waals surface area contributed by atoms with Gasteiger partial charge >= 0.3 is 0 Å². The van der Waals surface area contributed by atoms with Crippen molar-refractivity contribution in [3.05, 3.63) is 47.0 Å². The van der Waals surface area contributed by atoms with E-state index >= 15 is 0 Å². The fourth-order valence-electron chi connectivity index (χ4n) is 2.15. The topological polar surface area (TPSA) is 26.0 Å². The first-order valence-electron chi connectivity index (χ1n) is 5.73. The molecule has 1 aromatic carbocycles. The number of rotatable bonds is 2. The minimum Gasteiger partial charge on any atom is -0.327 e. The maximum absolute atomic E-state index is 5.87. The molecule has 0 amide bonds. The maximum Gasteiger partial charge on any atom is 0.00765 e. The van der Waals surface area contributed by atoms with E-state index in [4.69, 9.17) is 5.73 Å². The maximum atomic E-state index is 5.87. The van der Waals surface area contributed by atoms with Crippen LogP contribution in [0.5, 0.6) is 0 Å². The average molecular weight is 201 g/mol. The predicted octanol–water partition coefficient (Wildman–Crippen LogP) is 2.98. The quantitative estimate of drug-likeness (QED) is 0.731. The van der Waals surface area contributed by atoms with E-state index in [-0.39, 0.29) is 0 Å². The summed E-state index contributed by atoms with van der Waals surface area (Å²) in [7, 11) is 0. The highest BCUT2D eigenvalue weighted by Gasteiger charge is 2.10. The Labute approximate surface area is 92.0 Å². The summed E-state index contributed by atoms with van der Waals surface area (Å²) in [5.74, 6) is 0. The van der Waals surface area contributed by atoms with Crippen LogP contribution in [0.15, 0.2) is 35.9 Å². The molecule has 0 heterocycles. The fraction of sp³-hybridized carbons (Fsp3) is 0.429. The van der Waals surface area contributed by atoms with Gasteiger partial charge in [0.2, 0.25) is 0 Å². The molecule has 1 atom stereocenters. The normalized spacial score (nSPS) is 21.2. The van der Waals surface area contributed by atoms with E-state index in [1.54, 1.807) is 5.57 Å². The van der Waals surface area contributed by atoms with Crippen LogP contribution in [0.2, 0.25) is 0 Å². The van der Waals surface area contributed by atoms with Gasteiger partial charge in [-0.05, 0) is 38.2 Å². The monoisotopic (exact) mass is 201 g/mol. The second-order valence-corrected chi connectivity index (χ2v) is 4.56. The highest BCUT2D eigenvalue weighted by Crippen LogP contribution is 2.21. The third kappa shape index (κ3) is 2.93. The molecule has 15 heavy (non-hydrogen) atoms. The van der Waals surface area contributed by atoms with Crippen molar-refractivity contribution in [2.45, 2.75) is 38.6 Å². The lowest BCUT2D eigenvalue weighted by molar-refractivity contribution is 0.583. The van der Waals surface area contributed by atoms with Gasteiger partial charge in [-0.3, -0.25) is 0 Å². The number of aryl methyl sites for hydroxylation is 1. The number of nitrogens with two attached hydrogens (primary N) is 1. The van der Waals surface area contributed by atoms with Crippen molar-refractivity contribution in [1.29, 1.82) is 0 Å². The summed E-state index contributed by atoms with van der Waals surface area (Å²) in [5.41, 5.74) is 10.2. The number of hydrogen-bond donors (Lipinski definition) is 1. The van der Waals surface area contributed by atoms with Crippen molar-refractivity contribution in [1.82, 2.24) is 0 Å². The molecule has 0 radical (unpaired) electrons. The van der Waals surface area contributed by atoms with Gasteiger partial charge < -0.3 is 5.73 Å². The molecule has 0 spiro atoms. The lowest BCUT2D eigenvalue weighted by atomic mass is 9.91. The van der Waals surface area contributed by atoms with Gasteiger partial charge in [0.15, 0.2) is 0 Å². The van der Waals surface area contributed by atoms with Crippen LogP contribution in [0.1, 0.15) is 30.4 Å². The van der Waals surface area contributed by atoms with Crippen molar-refractivity contribution in [2.75, 3.05) is 0 Å². The molecule has 2 rings (SSSR count). The first-order valence-corrected chi connectivity index (χ1v) is 5.73. The largest absolute Gasteiger partial charge is 0.327 e. The van der Waals surface area contributed by atoms with Crippen LogP contribution in [-0.2, 0) is 6.42 Å². The summed E-state index contributed by atoms with van der Waals surface area (Å²) >= 11 is 0. The average Bonchev–Trinajstić information content (AvgIpc) is 2.22. The van der Waals surface area contributed by atoms with E-state index in [0.29, 0.717) is 6.04 Å². The van der Waals surface area contributed by atoms with Crippen molar-refractivity contribution in [3.8, 4) is 0 Å². The molecule has 0 saturated heterocycles. The third-order valence-corrected chi connectivity index (χ3v) is 3.06. The molecule has 0 fully saturated rings. The molecular formula is C14H19N. The second kappa shape index (κ2) is 4.63. The zero-order valence-corrected chi connectivity index (χ0v) is 9.37. The molecule has 1 heteroatoms. The standard InChI is InChI=1S/C14H19N/c1-11-3-2-4-13(9-11)10-12-5-7-14(15)8-6-12/h2-5,9,14H,6-8,10,15H2,1H3. The van der Waals surface area contributed by atoms with Crippen LogP contribution in [0.3, 0.4) is 0 Å². The lowest BCUT2D eigenvalue weighted by Crippen LogP contribution is -2.22. The molecule has 1 aromatic rings. The fourth-order valence-corrected chi connectivity index (χ4v) is 2.15. The summed E-state index contributed by atoms with van der Waals surface area (Å²) < 4.78 is 0. The Kier molecular flexibility index (Phi) is 3.22. The van der Waals surface area contributed by atoms with Crippen LogP contribution >= 0.6 is 0 Å². The molecular weight excluding hydrogens is 182 g/mol. The zero-order chi connectivity index (χ0) is 10.7. The van der Waals surface area contributed by atoms with E-state index in [2.05, 4.69) is 37.3 Å². The summed E-state index contributed by atoms with van der Waals surface area (Å²) in [6.07, 6.45) is 6.82. The van der Waals surface area contributed by atoms with E-state index in [1.165, 1.54) is 17.5 Å². The number of allylic oxidation sites excluding steroid dienone is 1. The van der Waals surface area contributed by atoms with Crippen molar-refractivity contribution in [3.63, 3.8) is 0 Å². The summed E-state index contributed by atoms with van der Waals surface area (Å²) in [6, 6.07) is 9.16. The predicted molar refractivity (Wildman–Crippen MR) is 64.8 cm³/mol. The molecule has 0 bridgehead atoms. The zero-order valence-electron chi connectivity index (χ0n) is 9.37. The molecule has 0 aliphatic heterocycles. The smallest absolute Gasteiger partial charge is 0.00765 e. The van der Waals surface area contributed by atoms with Crippen LogP contribution in [-0.4, -0.2) is 6.04 Å². The van der Waals surface area contributed by atoms with E-state index in [9.17, 15) is 0 Å². The molecule has 0 saturated carbocycles. The van der Waals surface area contributed by atoms with Gasteiger partial charge in [0.1, 0.15) is 0 Å². The van der Waals surface area contributed by atoms with Crippen LogP contribution < -0.4 is 5.73 Å². The van der Waals surface area contributed by atoms with Gasteiger partial charge in [0.05, 0.1) is 0 Å². The Balaban J connectivity index is 2.03. The van der Waals surface area contributed by atoms with Crippen LogP contribution in [0, 0.1) is 6.92 Å². The molecule has 1 aliphatic carbocycles. The summed E-state index contributed by atoms with van der Waals surface area (Å²) in [6.45, 7) is 2.15. The molecule has 2 N–H and O–H groups in total. The van der Waals surface area contributed by atoms with E-state index < -0.39 is 0 Å². The highest BCUT2D eigenvalue weighted by atomic mass is 14.6. The first-order chi connectivity index (χ1) is 7.24. The summed E-state index contributed by atoms with van der Waals surface area (Å²) in [5, 5.41) is 0. The Morgan fingerprint density at radius 2 is 2.27 bits per heavy atom. The van der Waals surface area contributed by atoms with E-state index in [0.717, 1.165) is 19.3 Å². The molecule has 80 valence electrons. The van der Waals surface area contributed by atoms with E-state index in [1.807, 2.05) is 0 Å². The van der Waals surface area contributed by atoms with Gasteiger partial charge in [-0.25, -0.2) is 0 Å². The van der Waals surface area contributed by atoms with Crippen LogP contribution in [0.4, 0.5) is 0 Å². The molecule has 1 aliphatic rings. The van der Waals surface area contributed by atoms with Gasteiger partial charge in [-0.1, -0.05) is 41.5 Å². The minimum atomic E-state index is 0.395. The van der Waals surface area contributed by atoms with Crippen molar-refractivity contribution in [2.24, 2.45) is 5.73 Å². The molecule has 1 unspecified atom stereocenters. The minimum absolute atomic E-state index is 0.395. The SMILES string of the molecule is Cc1cccc(CC2=CCC(N)CC2)c1. The summed E-state index contributed by atoms with van der Waals surface area (Å²) in [4.78, 5) is 0. The van der Waals surface area contributed by atoms with Crippen LogP contribution in [0.25, 0.3) is 0 Å². The lowest BCUT2D eigenvalue weighted by Gasteiger charge is -2.18. The van der Waals surface area contributed by atoms with Gasteiger partial charge in [0.25, 0.3) is 0 Å². The number of benzene rings is 1. The first kappa shape index (κ1) is 10.4. The second-order valence-electron chi connectivity index (χ2n) is 4.56. The Bertz CT molecular complexity index is 365. The Hall–Kier alpha value is -1.08. The third-order valence-electron chi connectivity index (χ3n) is 3.06. The highest BCUT2D eigenvalue weighted by molar-refractivity contribution is 5.27. The number of hydrogen-bond acceptors (Lipinski definition) is 1. The molecule has 1 nitrogen and oxygen atoms in total. The Morgan fingerprint density at radius 3 is 2.93 bits per heavy atom. The van der Waals surface area contributed by atoms with Crippen molar-refractivity contribution < 1.29 is 0 Å². The Morgan fingerprint density at radius 1 is 1.40 bits per heavy atom. The van der Waals surface area contributed by atoms with Crippen molar-refractivity contribution >= 4 is 0 Å². The van der Waals surface area contributed by atoms with Gasteiger partial charge in [0, 0.05) is 6.04 Å². The molecule has 0 aromatic heterocycles. The van der Waals surface area contributed by atoms with Gasteiger partial charge in [-0.2, -0.15) is 0 Å².